The molecule has 0 atom stereocenters. The summed E-state index contributed by atoms with van der Waals surface area (Å²) >= 11 is 0. The molecule has 1 fully saturated rings. The molecule has 2 amide bonds. The Labute approximate surface area is 163 Å². The molecule has 0 spiro atoms. The minimum absolute atomic E-state index is 0.0985. The molecule has 6 heteroatoms. The molecule has 0 aromatic heterocycles. The molecule has 1 heterocycles. The highest BCUT2D eigenvalue weighted by Crippen LogP contribution is 2.24. The number of amides is 2. The van der Waals surface area contributed by atoms with Gasteiger partial charge in [0.2, 0.25) is 5.91 Å². The first-order valence-corrected chi connectivity index (χ1v) is 9.77. The van der Waals surface area contributed by atoms with Gasteiger partial charge in [0.05, 0.1) is 0 Å². The molecular weight excluding hydrogens is 342 g/mol. The van der Waals surface area contributed by atoms with Crippen molar-refractivity contribution >= 4 is 17.7 Å². The normalized spacial score (nSPS) is 14.9. The summed E-state index contributed by atoms with van der Waals surface area (Å²) in [5.74, 6) is 0.0985. The predicted octanol–water partition coefficient (Wildman–Crippen LogP) is 3.50. The zero-order valence-corrected chi connectivity index (χ0v) is 17.3. The van der Waals surface area contributed by atoms with Crippen LogP contribution in [0.2, 0.25) is 0 Å². The molecule has 0 N–H and O–H groups in total. The van der Waals surface area contributed by atoms with Crippen molar-refractivity contribution in [2.24, 2.45) is 0 Å². The van der Waals surface area contributed by atoms with Crippen LogP contribution in [-0.2, 0) is 16.1 Å². The molecule has 0 saturated carbocycles. The number of hydrogen-bond donors (Lipinski definition) is 0. The van der Waals surface area contributed by atoms with Gasteiger partial charge in [0.25, 0.3) is 0 Å². The lowest BCUT2D eigenvalue weighted by atomic mass is 10.1. The highest BCUT2D eigenvalue weighted by molar-refractivity contribution is 5.73. The van der Waals surface area contributed by atoms with Crippen LogP contribution in [0, 0.1) is 0 Å². The molecule has 0 unspecified atom stereocenters. The predicted molar refractivity (Wildman–Crippen MR) is 108 cm³/mol. The molecule has 1 saturated heterocycles. The number of piperazine rings is 1. The van der Waals surface area contributed by atoms with Crippen molar-refractivity contribution in [1.29, 1.82) is 0 Å². The standard InChI is InChI=1S/C21H33N3O3/c1-6-11-24(17(2)25)16-18-9-7-8-10-19(18)22-12-14-23(15-13-22)20(26)27-21(3,4)5/h7-10H,6,11-16H2,1-5H3. The summed E-state index contributed by atoms with van der Waals surface area (Å²) < 4.78 is 5.47. The molecule has 6 nitrogen and oxygen atoms in total. The van der Waals surface area contributed by atoms with Crippen LogP contribution in [0.3, 0.4) is 0 Å². The zero-order chi connectivity index (χ0) is 20.0. The van der Waals surface area contributed by atoms with Crippen LogP contribution in [0.4, 0.5) is 10.5 Å². The first-order valence-electron chi connectivity index (χ1n) is 9.77. The average Bonchev–Trinajstić information content (AvgIpc) is 2.60. The van der Waals surface area contributed by atoms with Crippen molar-refractivity contribution in [2.75, 3.05) is 37.6 Å². The zero-order valence-electron chi connectivity index (χ0n) is 17.3. The fourth-order valence-electron chi connectivity index (χ4n) is 3.23. The van der Waals surface area contributed by atoms with Crippen LogP contribution < -0.4 is 4.90 Å². The SMILES string of the molecule is CCCN(Cc1ccccc1N1CCN(C(=O)OC(C)(C)C)CC1)C(C)=O. The van der Waals surface area contributed by atoms with Gasteiger partial charge in [0, 0.05) is 51.9 Å². The molecule has 1 aromatic rings. The number of para-hydroxylation sites is 1. The van der Waals surface area contributed by atoms with Crippen LogP contribution in [0.5, 0.6) is 0 Å². The molecule has 1 aromatic carbocycles. The minimum atomic E-state index is -0.476. The summed E-state index contributed by atoms with van der Waals surface area (Å²) in [7, 11) is 0. The number of rotatable bonds is 5. The molecule has 1 aliphatic rings. The Balaban J connectivity index is 2.04. The van der Waals surface area contributed by atoms with Gasteiger partial charge in [-0.15, -0.1) is 0 Å². The summed E-state index contributed by atoms with van der Waals surface area (Å²) in [6.07, 6.45) is 0.692. The lowest BCUT2D eigenvalue weighted by molar-refractivity contribution is -0.129. The number of nitrogens with zero attached hydrogens (tertiary/aromatic N) is 3. The van der Waals surface area contributed by atoms with Gasteiger partial charge in [-0.2, -0.15) is 0 Å². The third-order valence-electron chi connectivity index (χ3n) is 4.56. The molecule has 27 heavy (non-hydrogen) atoms. The molecule has 0 aliphatic carbocycles. The topological polar surface area (TPSA) is 53.1 Å². The van der Waals surface area contributed by atoms with E-state index in [1.165, 1.54) is 0 Å². The second-order valence-corrected chi connectivity index (χ2v) is 8.02. The number of carbonyl (C=O) groups excluding carboxylic acids is 2. The lowest BCUT2D eigenvalue weighted by Gasteiger charge is -2.38. The van der Waals surface area contributed by atoms with Gasteiger partial charge in [-0.1, -0.05) is 25.1 Å². The summed E-state index contributed by atoms with van der Waals surface area (Å²) in [5, 5.41) is 0. The fourth-order valence-corrected chi connectivity index (χ4v) is 3.23. The fraction of sp³-hybridized carbons (Fsp3) is 0.619. The summed E-state index contributed by atoms with van der Waals surface area (Å²) in [4.78, 5) is 30.1. The van der Waals surface area contributed by atoms with Crippen molar-refractivity contribution in [2.45, 2.75) is 53.2 Å². The molecule has 1 aliphatic heterocycles. The third-order valence-corrected chi connectivity index (χ3v) is 4.56. The van der Waals surface area contributed by atoms with Crippen LogP contribution in [0.25, 0.3) is 0 Å². The molecule has 0 bridgehead atoms. The number of hydrogen-bond acceptors (Lipinski definition) is 4. The molecule has 2 rings (SSSR count). The summed E-state index contributed by atoms with van der Waals surface area (Å²) in [5.41, 5.74) is 1.81. The Morgan fingerprint density at radius 1 is 1.11 bits per heavy atom. The summed E-state index contributed by atoms with van der Waals surface area (Å²) in [6, 6.07) is 8.22. The van der Waals surface area contributed by atoms with Gasteiger partial charge in [-0.25, -0.2) is 4.79 Å². The van der Waals surface area contributed by atoms with Gasteiger partial charge in [-0.3, -0.25) is 4.79 Å². The Morgan fingerprint density at radius 2 is 1.74 bits per heavy atom. The van der Waals surface area contributed by atoms with Crippen molar-refractivity contribution in [3.63, 3.8) is 0 Å². The highest BCUT2D eigenvalue weighted by Gasteiger charge is 2.26. The van der Waals surface area contributed by atoms with Gasteiger partial charge in [-0.05, 0) is 38.8 Å². The van der Waals surface area contributed by atoms with E-state index >= 15 is 0 Å². The van der Waals surface area contributed by atoms with Gasteiger partial charge in [0.1, 0.15) is 5.60 Å². The van der Waals surface area contributed by atoms with E-state index < -0.39 is 5.60 Å². The maximum atomic E-state index is 12.3. The van der Waals surface area contributed by atoms with Crippen LogP contribution in [0.1, 0.15) is 46.6 Å². The lowest BCUT2D eigenvalue weighted by Crippen LogP contribution is -2.50. The van der Waals surface area contributed by atoms with E-state index in [1.807, 2.05) is 37.8 Å². The smallest absolute Gasteiger partial charge is 0.410 e. The van der Waals surface area contributed by atoms with Crippen molar-refractivity contribution in [3.8, 4) is 0 Å². The Morgan fingerprint density at radius 3 is 2.30 bits per heavy atom. The van der Waals surface area contributed by atoms with E-state index in [-0.39, 0.29) is 12.0 Å². The first kappa shape index (κ1) is 21.1. The van der Waals surface area contributed by atoms with E-state index in [0.717, 1.165) is 37.3 Å². The van der Waals surface area contributed by atoms with Crippen molar-refractivity contribution in [3.05, 3.63) is 29.8 Å². The highest BCUT2D eigenvalue weighted by atomic mass is 16.6. The van der Waals surface area contributed by atoms with E-state index in [4.69, 9.17) is 4.74 Å². The Hall–Kier alpha value is -2.24. The van der Waals surface area contributed by atoms with Crippen LogP contribution in [0.15, 0.2) is 24.3 Å². The largest absolute Gasteiger partial charge is 0.444 e. The van der Waals surface area contributed by atoms with Gasteiger partial charge < -0.3 is 19.4 Å². The van der Waals surface area contributed by atoms with Crippen LogP contribution >= 0.6 is 0 Å². The van der Waals surface area contributed by atoms with Crippen molar-refractivity contribution < 1.29 is 14.3 Å². The monoisotopic (exact) mass is 375 g/mol. The van der Waals surface area contributed by atoms with E-state index in [0.29, 0.717) is 19.6 Å². The molecule has 150 valence electrons. The Bertz CT molecular complexity index is 646. The van der Waals surface area contributed by atoms with Crippen LogP contribution in [-0.4, -0.2) is 60.1 Å². The quantitative estimate of drug-likeness (QED) is 0.790. The maximum Gasteiger partial charge on any atom is 0.410 e. The number of anilines is 1. The third kappa shape index (κ3) is 6.15. The van der Waals surface area contributed by atoms with Crippen molar-refractivity contribution in [1.82, 2.24) is 9.80 Å². The Kier molecular flexibility index (Phi) is 7.11. The average molecular weight is 376 g/mol. The summed E-state index contributed by atoms with van der Waals surface area (Å²) in [6.45, 7) is 13.5. The second-order valence-electron chi connectivity index (χ2n) is 8.02. The number of carbonyl (C=O) groups is 2. The van der Waals surface area contributed by atoms with Gasteiger partial charge >= 0.3 is 6.09 Å². The minimum Gasteiger partial charge on any atom is -0.444 e. The maximum absolute atomic E-state index is 12.3. The van der Waals surface area contributed by atoms with Gasteiger partial charge in [0.15, 0.2) is 0 Å². The van der Waals surface area contributed by atoms with E-state index in [9.17, 15) is 9.59 Å². The number of ether oxygens (including phenoxy) is 1. The number of benzene rings is 1. The van der Waals surface area contributed by atoms with E-state index in [1.54, 1.807) is 11.8 Å². The second kappa shape index (κ2) is 9.11. The van der Waals surface area contributed by atoms with E-state index in [2.05, 4.69) is 24.0 Å². The first-order chi connectivity index (χ1) is 12.7. The molecule has 0 radical (unpaired) electrons. The molecular formula is C21H33N3O3.